The maximum atomic E-state index is 12.3. The lowest BCUT2D eigenvalue weighted by molar-refractivity contribution is -0.124. The predicted molar refractivity (Wildman–Crippen MR) is 141 cm³/mol. The lowest BCUT2D eigenvalue weighted by atomic mass is 10.0. The number of benzene rings is 1. The maximum Gasteiger partial charge on any atom is 0.242 e. The van der Waals surface area contributed by atoms with Crippen LogP contribution in [0.15, 0.2) is 29.4 Å². The molecule has 194 valence electrons. The second-order valence-corrected chi connectivity index (χ2v) is 9.92. The van der Waals surface area contributed by atoms with Gasteiger partial charge in [-0.3, -0.25) is 14.5 Å². The van der Waals surface area contributed by atoms with Gasteiger partial charge in [0.2, 0.25) is 5.91 Å². The summed E-state index contributed by atoms with van der Waals surface area (Å²) in [6.07, 6.45) is 5.67. The molecule has 3 rings (SSSR count). The van der Waals surface area contributed by atoms with Crippen LogP contribution in [0.25, 0.3) is 0 Å². The zero-order chi connectivity index (χ0) is 25.9. The molecule has 1 atom stereocenters. The minimum absolute atomic E-state index is 0.185. The van der Waals surface area contributed by atoms with Gasteiger partial charge in [0.05, 0.1) is 23.9 Å². The molecular weight excluding hydrogens is 478 g/mol. The third-order valence-electron chi connectivity index (χ3n) is 6.35. The van der Waals surface area contributed by atoms with E-state index in [4.69, 9.17) is 4.74 Å². The Hall–Kier alpha value is -2.95. The van der Waals surface area contributed by atoms with E-state index in [0.717, 1.165) is 62.4 Å². The summed E-state index contributed by atoms with van der Waals surface area (Å²) >= 11 is 1.71. The van der Waals surface area contributed by atoms with E-state index in [2.05, 4.69) is 20.2 Å². The van der Waals surface area contributed by atoms with Crippen LogP contribution in [0.2, 0.25) is 0 Å². The summed E-state index contributed by atoms with van der Waals surface area (Å²) in [5, 5.41) is 3.69. The highest BCUT2D eigenvalue weighted by Crippen LogP contribution is 2.25. The molecule has 1 aromatic heterocycles. The zero-order valence-corrected chi connectivity index (χ0v) is 22.1. The van der Waals surface area contributed by atoms with E-state index in [9.17, 15) is 14.4 Å². The van der Waals surface area contributed by atoms with E-state index in [1.54, 1.807) is 43.3 Å². The number of nitrogens with one attached hydrogen (secondary N) is 1. The number of ether oxygens (including phenoxy) is 1. The van der Waals surface area contributed by atoms with Crippen molar-refractivity contribution in [2.45, 2.75) is 45.2 Å². The molecule has 0 spiro atoms. The van der Waals surface area contributed by atoms with E-state index in [1.165, 1.54) is 4.88 Å². The first-order valence-electron chi connectivity index (χ1n) is 12.2. The molecule has 36 heavy (non-hydrogen) atoms. The molecule has 2 aromatic rings. The number of thiazole rings is 1. The van der Waals surface area contributed by atoms with Gasteiger partial charge in [0.25, 0.3) is 0 Å². The number of carbonyl (C=O) groups is 3. The van der Waals surface area contributed by atoms with Crippen molar-refractivity contribution < 1.29 is 19.1 Å². The Morgan fingerprint density at radius 1 is 1.31 bits per heavy atom. The van der Waals surface area contributed by atoms with E-state index >= 15 is 0 Å². The topological polar surface area (TPSA) is 104 Å². The number of hydrogen-bond donors (Lipinski definition) is 1. The van der Waals surface area contributed by atoms with E-state index in [1.807, 2.05) is 18.3 Å². The first-order valence-corrected chi connectivity index (χ1v) is 13.0. The number of carbonyl (C=O) groups excluding carboxylic acids is 3. The van der Waals surface area contributed by atoms with Gasteiger partial charge >= 0.3 is 0 Å². The van der Waals surface area contributed by atoms with Crippen LogP contribution in [0.1, 0.15) is 45.6 Å². The molecule has 1 aliphatic heterocycles. The number of likely N-dealkylation sites (N-methyl/N-ethyl adjacent to an activating group) is 2. The summed E-state index contributed by atoms with van der Waals surface area (Å²) in [7, 11) is 3.34. The van der Waals surface area contributed by atoms with Crippen LogP contribution < -0.4 is 5.32 Å². The summed E-state index contributed by atoms with van der Waals surface area (Å²) in [5.74, 6) is 0.400. The quantitative estimate of drug-likeness (QED) is 0.264. The number of aliphatic imine (C=N–C) groups is 1. The molecule has 0 saturated carbocycles. The SMILES string of the molecule is CNC(=O)C(CCC=O)N(C)/C(C)=N\c1cccc(CCc2ncc(CN3CCOCC3)s2)c1C=O. The van der Waals surface area contributed by atoms with Crippen LogP contribution in [-0.2, 0) is 33.7 Å². The van der Waals surface area contributed by atoms with E-state index < -0.39 is 6.04 Å². The fraction of sp³-hybridized carbons (Fsp3) is 0.500. The van der Waals surface area contributed by atoms with Crippen molar-refractivity contribution >= 4 is 41.3 Å². The number of hydrogen-bond acceptors (Lipinski definition) is 8. The molecule has 0 radical (unpaired) electrons. The van der Waals surface area contributed by atoms with Gasteiger partial charge in [-0.2, -0.15) is 0 Å². The first kappa shape index (κ1) is 27.6. The molecule has 10 heteroatoms. The fourth-order valence-corrected chi connectivity index (χ4v) is 5.15. The van der Waals surface area contributed by atoms with Crippen LogP contribution in [0.5, 0.6) is 0 Å². The molecule has 1 amide bonds. The second-order valence-electron chi connectivity index (χ2n) is 8.72. The van der Waals surface area contributed by atoms with Gasteiger partial charge in [-0.15, -0.1) is 11.3 Å². The monoisotopic (exact) mass is 513 g/mol. The number of amides is 1. The molecule has 1 aliphatic rings. The summed E-state index contributed by atoms with van der Waals surface area (Å²) in [4.78, 5) is 49.9. The standard InChI is InChI=1S/C26H35N5O4S/c1-19(30(3)24(8-5-13-32)26(34)27-2)29-23-7-4-6-20(22(23)18-33)9-10-25-28-16-21(36-25)17-31-11-14-35-15-12-31/h4,6-7,13,16,18,24H,5,8-12,14-15,17H2,1-3H3,(H,27,34)/b29-19-. The molecule has 2 heterocycles. The predicted octanol–water partition coefficient (Wildman–Crippen LogP) is 2.65. The largest absolute Gasteiger partial charge is 0.379 e. The normalized spacial score (nSPS) is 15.4. The molecule has 1 fully saturated rings. The van der Waals surface area contributed by atoms with Crippen molar-refractivity contribution in [2.75, 3.05) is 40.4 Å². The minimum atomic E-state index is -0.525. The van der Waals surface area contributed by atoms with Crippen molar-refractivity contribution in [3.8, 4) is 0 Å². The van der Waals surface area contributed by atoms with Gasteiger partial charge in [0.1, 0.15) is 18.2 Å². The van der Waals surface area contributed by atoms with Crippen molar-refractivity contribution in [2.24, 2.45) is 4.99 Å². The van der Waals surface area contributed by atoms with Crippen LogP contribution in [0, 0.1) is 0 Å². The van der Waals surface area contributed by atoms with Gasteiger partial charge < -0.3 is 19.7 Å². The van der Waals surface area contributed by atoms with Crippen LogP contribution in [-0.4, -0.2) is 85.5 Å². The molecule has 1 aromatic carbocycles. The van der Waals surface area contributed by atoms with Crippen molar-refractivity contribution in [3.05, 3.63) is 45.4 Å². The second kappa shape index (κ2) is 14.0. The van der Waals surface area contributed by atoms with Gasteiger partial charge in [-0.25, -0.2) is 9.98 Å². The highest BCUT2D eigenvalue weighted by Gasteiger charge is 2.23. The lowest BCUT2D eigenvalue weighted by Crippen LogP contribution is -2.46. The average molecular weight is 514 g/mol. The molecular formula is C26H35N5O4S. The molecule has 1 saturated heterocycles. The van der Waals surface area contributed by atoms with Gasteiger partial charge in [0.15, 0.2) is 6.29 Å². The Morgan fingerprint density at radius 3 is 2.78 bits per heavy atom. The highest BCUT2D eigenvalue weighted by molar-refractivity contribution is 7.11. The Morgan fingerprint density at radius 2 is 2.08 bits per heavy atom. The maximum absolute atomic E-state index is 12.3. The fourth-order valence-electron chi connectivity index (χ4n) is 4.18. The number of amidine groups is 1. The van der Waals surface area contributed by atoms with Crippen LogP contribution in [0.4, 0.5) is 5.69 Å². The molecule has 0 aliphatic carbocycles. The third kappa shape index (κ3) is 7.52. The number of aryl methyl sites for hydroxylation is 2. The summed E-state index contributed by atoms with van der Waals surface area (Å²) in [5.41, 5.74) is 2.01. The Bertz CT molecular complexity index is 1060. The minimum Gasteiger partial charge on any atom is -0.379 e. The third-order valence-corrected chi connectivity index (χ3v) is 7.39. The molecule has 1 N–H and O–H groups in total. The summed E-state index contributed by atoms with van der Waals surface area (Å²) in [6, 6.07) is 5.11. The molecule has 9 nitrogen and oxygen atoms in total. The smallest absolute Gasteiger partial charge is 0.242 e. The highest BCUT2D eigenvalue weighted by atomic mass is 32.1. The van der Waals surface area contributed by atoms with Crippen LogP contribution >= 0.6 is 11.3 Å². The number of rotatable bonds is 12. The Labute approximate surface area is 216 Å². The number of nitrogens with zero attached hydrogens (tertiary/aromatic N) is 4. The average Bonchev–Trinajstić information content (AvgIpc) is 3.35. The summed E-state index contributed by atoms with van der Waals surface area (Å²) < 4.78 is 5.42. The zero-order valence-electron chi connectivity index (χ0n) is 21.2. The van der Waals surface area contributed by atoms with Crippen molar-refractivity contribution in [1.82, 2.24) is 20.1 Å². The summed E-state index contributed by atoms with van der Waals surface area (Å²) in [6.45, 7) is 6.13. The van der Waals surface area contributed by atoms with Crippen molar-refractivity contribution in [3.63, 3.8) is 0 Å². The van der Waals surface area contributed by atoms with E-state index in [-0.39, 0.29) is 12.3 Å². The van der Waals surface area contributed by atoms with Gasteiger partial charge in [0, 0.05) is 63.2 Å². The molecule has 1 unspecified atom stereocenters. The van der Waals surface area contributed by atoms with Crippen molar-refractivity contribution in [1.29, 1.82) is 0 Å². The van der Waals surface area contributed by atoms with Crippen LogP contribution in [0.3, 0.4) is 0 Å². The number of morpholine rings is 1. The Kier molecular flexibility index (Phi) is 10.7. The number of aldehydes is 2. The lowest BCUT2D eigenvalue weighted by Gasteiger charge is -2.28. The van der Waals surface area contributed by atoms with Gasteiger partial charge in [-0.05, 0) is 31.4 Å². The first-order chi connectivity index (χ1) is 17.5. The van der Waals surface area contributed by atoms with Gasteiger partial charge in [-0.1, -0.05) is 12.1 Å². The van der Waals surface area contributed by atoms with E-state index in [0.29, 0.717) is 29.9 Å². The Balaban J connectivity index is 1.70. The molecule has 0 bridgehead atoms. The number of aromatic nitrogens is 1.